The number of hydrogen-bond acceptors (Lipinski definition) is 3. The number of aromatic nitrogens is 2. The van der Waals surface area contributed by atoms with Crippen LogP contribution in [0.3, 0.4) is 0 Å². The van der Waals surface area contributed by atoms with Crippen LogP contribution in [-0.2, 0) is 4.79 Å². The Bertz CT molecular complexity index is 850. The predicted molar refractivity (Wildman–Crippen MR) is 90.5 cm³/mol. The third-order valence-electron chi connectivity index (χ3n) is 3.47. The molecule has 0 saturated carbocycles. The first-order chi connectivity index (χ1) is 11.0. The molecule has 2 aromatic carbocycles. The molecule has 1 aromatic heterocycles. The number of nitrogens with one attached hydrogen (secondary N) is 1. The molecule has 0 bridgehead atoms. The summed E-state index contributed by atoms with van der Waals surface area (Å²) in [5.74, 6) is 0.418. The van der Waals surface area contributed by atoms with E-state index in [-0.39, 0.29) is 12.5 Å². The molecule has 5 nitrogen and oxygen atoms in total. The van der Waals surface area contributed by atoms with E-state index in [0.29, 0.717) is 10.8 Å². The number of amides is 1. The van der Waals surface area contributed by atoms with E-state index in [0.717, 1.165) is 22.2 Å². The Morgan fingerprint density at radius 1 is 1.26 bits per heavy atom. The van der Waals surface area contributed by atoms with Gasteiger partial charge in [-0.3, -0.25) is 10.2 Å². The van der Waals surface area contributed by atoms with Crippen LogP contribution in [0, 0.1) is 13.8 Å². The minimum Gasteiger partial charge on any atom is -0.483 e. The zero-order chi connectivity index (χ0) is 16.4. The van der Waals surface area contributed by atoms with E-state index in [2.05, 4.69) is 10.4 Å². The number of rotatable bonds is 4. The van der Waals surface area contributed by atoms with Crippen molar-refractivity contribution in [1.29, 1.82) is 0 Å². The number of ether oxygens (including phenoxy) is 1. The highest BCUT2D eigenvalue weighted by Crippen LogP contribution is 2.26. The summed E-state index contributed by atoms with van der Waals surface area (Å²) in [6.07, 6.45) is 1.57. The van der Waals surface area contributed by atoms with E-state index in [9.17, 15) is 4.79 Å². The fourth-order valence-corrected chi connectivity index (χ4v) is 2.81. The molecule has 0 aliphatic heterocycles. The monoisotopic (exact) mass is 329 g/mol. The number of carbonyl (C=O) groups is 1. The van der Waals surface area contributed by atoms with Crippen molar-refractivity contribution >= 4 is 28.5 Å². The highest BCUT2D eigenvalue weighted by Gasteiger charge is 2.10. The van der Waals surface area contributed by atoms with Crippen molar-refractivity contribution in [2.45, 2.75) is 13.8 Å². The molecule has 0 radical (unpaired) electrons. The molecule has 0 atom stereocenters. The number of carbonyl (C=O) groups excluding carboxylic acids is 1. The second kappa shape index (κ2) is 6.30. The molecule has 0 saturated heterocycles. The molecule has 0 aliphatic carbocycles. The van der Waals surface area contributed by atoms with Crippen LogP contribution in [0.15, 0.2) is 42.7 Å². The van der Waals surface area contributed by atoms with Crippen LogP contribution >= 0.6 is 11.6 Å². The molecular formula is C17H16ClN3O2. The highest BCUT2D eigenvalue weighted by atomic mass is 35.5. The van der Waals surface area contributed by atoms with E-state index in [1.807, 2.05) is 50.2 Å². The normalized spacial score (nSPS) is 10.7. The molecule has 0 fully saturated rings. The first-order valence-corrected chi connectivity index (χ1v) is 7.54. The number of fused-ring (bicyclic) bond motifs is 1. The lowest BCUT2D eigenvalue weighted by atomic mass is 10.1. The molecular weight excluding hydrogens is 314 g/mol. The molecule has 23 heavy (non-hydrogen) atoms. The van der Waals surface area contributed by atoms with Crippen molar-refractivity contribution in [3.05, 3.63) is 58.9 Å². The lowest BCUT2D eigenvalue weighted by Crippen LogP contribution is -2.27. The van der Waals surface area contributed by atoms with Gasteiger partial charge < -0.3 is 4.74 Å². The van der Waals surface area contributed by atoms with Crippen LogP contribution in [0.1, 0.15) is 11.1 Å². The summed E-state index contributed by atoms with van der Waals surface area (Å²) in [5, 5.41) is 0.654. The quantitative estimate of drug-likeness (QED) is 0.797. The van der Waals surface area contributed by atoms with Gasteiger partial charge in [0, 0.05) is 5.02 Å². The Morgan fingerprint density at radius 3 is 2.70 bits per heavy atom. The van der Waals surface area contributed by atoms with Gasteiger partial charge in [0.05, 0.1) is 11.0 Å². The lowest BCUT2D eigenvalue weighted by Gasteiger charge is -2.13. The molecule has 6 heteroatoms. The molecule has 1 heterocycles. The minimum atomic E-state index is -0.262. The summed E-state index contributed by atoms with van der Waals surface area (Å²) in [4.78, 5) is 16.3. The van der Waals surface area contributed by atoms with Crippen LogP contribution in [0.5, 0.6) is 5.75 Å². The van der Waals surface area contributed by atoms with Gasteiger partial charge in [0.15, 0.2) is 6.61 Å². The van der Waals surface area contributed by atoms with Gasteiger partial charge in [-0.25, -0.2) is 9.66 Å². The Balaban J connectivity index is 1.69. The number of nitrogens with zero attached hydrogens (tertiary/aromatic N) is 2. The molecule has 0 unspecified atom stereocenters. The van der Waals surface area contributed by atoms with Crippen molar-refractivity contribution < 1.29 is 9.53 Å². The minimum absolute atomic E-state index is 0.0875. The third kappa shape index (κ3) is 3.29. The largest absolute Gasteiger partial charge is 0.483 e. The zero-order valence-corrected chi connectivity index (χ0v) is 13.6. The van der Waals surface area contributed by atoms with Gasteiger partial charge in [-0.05, 0) is 49.2 Å². The maximum atomic E-state index is 12.1. The fourth-order valence-electron chi connectivity index (χ4n) is 2.48. The van der Waals surface area contributed by atoms with E-state index >= 15 is 0 Å². The molecule has 3 aromatic rings. The van der Waals surface area contributed by atoms with E-state index in [1.165, 1.54) is 0 Å². The van der Waals surface area contributed by atoms with Crippen LogP contribution in [0.25, 0.3) is 11.0 Å². The second-order valence-corrected chi connectivity index (χ2v) is 5.73. The first-order valence-electron chi connectivity index (χ1n) is 7.16. The fraction of sp³-hybridized carbons (Fsp3) is 0.176. The molecule has 1 N–H and O–H groups in total. The van der Waals surface area contributed by atoms with Gasteiger partial charge >= 0.3 is 0 Å². The summed E-state index contributed by atoms with van der Waals surface area (Å²) >= 11 is 5.99. The summed E-state index contributed by atoms with van der Waals surface area (Å²) in [6, 6.07) is 11.2. The molecule has 0 spiro atoms. The smallest absolute Gasteiger partial charge is 0.276 e. The lowest BCUT2D eigenvalue weighted by molar-refractivity contribution is -0.119. The Morgan fingerprint density at radius 2 is 1.96 bits per heavy atom. The van der Waals surface area contributed by atoms with Crippen molar-refractivity contribution in [3.63, 3.8) is 0 Å². The topological polar surface area (TPSA) is 56.1 Å². The number of benzene rings is 2. The number of para-hydroxylation sites is 2. The van der Waals surface area contributed by atoms with Crippen molar-refractivity contribution in [1.82, 2.24) is 9.66 Å². The van der Waals surface area contributed by atoms with Crippen LogP contribution in [0.2, 0.25) is 5.02 Å². The Hall–Kier alpha value is -2.53. The van der Waals surface area contributed by atoms with Gasteiger partial charge in [-0.1, -0.05) is 23.7 Å². The van der Waals surface area contributed by atoms with E-state index in [1.54, 1.807) is 11.0 Å². The Kier molecular flexibility index (Phi) is 4.21. The Labute approximate surface area is 138 Å². The summed E-state index contributed by atoms with van der Waals surface area (Å²) in [5.41, 5.74) is 6.20. The number of hydrogen-bond donors (Lipinski definition) is 1. The summed E-state index contributed by atoms with van der Waals surface area (Å²) < 4.78 is 7.23. The summed E-state index contributed by atoms with van der Waals surface area (Å²) in [6.45, 7) is 3.71. The van der Waals surface area contributed by atoms with Crippen molar-refractivity contribution in [2.24, 2.45) is 0 Å². The number of imidazole rings is 1. The molecule has 1 amide bonds. The third-order valence-corrected chi connectivity index (χ3v) is 3.69. The van der Waals surface area contributed by atoms with Gasteiger partial charge in [0.1, 0.15) is 12.1 Å². The van der Waals surface area contributed by atoms with Crippen molar-refractivity contribution in [2.75, 3.05) is 12.0 Å². The molecule has 0 aliphatic rings. The number of halogens is 1. The van der Waals surface area contributed by atoms with Gasteiger partial charge in [0.25, 0.3) is 5.91 Å². The van der Waals surface area contributed by atoms with Gasteiger partial charge in [0.2, 0.25) is 0 Å². The average Bonchev–Trinajstić information content (AvgIpc) is 2.89. The SMILES string of the molecule is Cc1cc(Cl)cc(C)c1OCC(=O)Nn1cnc2ccccc21. The standard InChI is InChI=1S/C17H16ClN3O2/c1-11-7-13(18)8-12(2)17(11)23-9-16(22)20-21-10-19-14-5-3-4-6-15(14)21/h3-8,10H,9H2,1-2H3,(H,20,22). The highest BCUT2D eigenvalue weighted by molar-refractivity contribution is 6.30. The molecule has 3 rings (SSSR count). The molecule has 118 valence electrons. The van der Waals surface area contributed by atoms with Gasteiger partial charge in [-0.15, -0.1) is 0 Å². The maximum absolute atomic E-state index is 12.1. The maximum Gasteiger partial charge on any atom is 0.276 e. The van der Waals surface area contributed by atoms with Crippen LogP contribution in [-0.4, -0.2) is 22.2 Å². The second-order valence-electron chi connectivity index (χ2n) is 5.30. The van der Waals surface area contributed by atoms with E-state index in [4.69, 9.17) is 16.3 Å². The van der Waals surface area contributed by atoms with Crippen molar-refractivity contribution in [3.8, 4) is 5.75 Å². The van der Waals surface area contributed by atoms with Crippen LogP contribution in [0.4, 0.5) is 0 Å². The summed E-state index contributed by atoms with van der Waals surface area (Å²) in [7, 11) is 0. The van der Waals surface area contributed by atoms with E-state index < -0.39 is 0 Å². The van der Waals surface area contributed by atoms with Gasteiger partial charge in [-0.2, -0.15) is 0 Å². The average molecular weight is 330 g/mol. The first kappa shape index (κ1) is 15.4. The zero-order valence-electron chi connectivity index (χ0n) is 12.8. The van der Waals surface area contributed by atoms with Crippen LogP contribution < -0.4 is 10.2 Å². The number of aryl methyl sites for hydroxylation is 2. The predicted octanol–water partition coefficient (Wildman–Crippen LogP) is 3.46.